The predicted molar refractivity (Wildman–Crippen MR) is 83.2 cm³/mol. The van der Waals surface area contributed by atoms with Crippen LogP contribution in [0.25, 0.3) is 0 Å². The molecule has 0 aliphatic heterocycles. The van der Waals surface area contributed by atoms with Crippen LogP contribution in [0.15, 0.2) is 18.3 Å². The molecule has 2 rings (SSSR count). The molecular formula is C15H21N3O2S. The number of aryl methyl sites for hydroxylation is 1. The maximum absolute atomic E-state index is 11.2. The number of nitrogens with zero attached hydrogens (tertiary/aromatic N) is 2. The second kappa shape index (κ2) is 6.87. The zero-order chi connectivity index (χ0) is 15.4. The molecule has 6 heteroatoms. The Hall–Kier alpha value is -1.66. The van der Waals surface area contributed by atoms with Crippen molar-refractivity contribution in [3.8, 4) is 0 Å². The number of rotatable bonds is 6. The van der Waals surface area contributed by atoms with Crippen LogP contribution < -0.4 is 5.32 Å². The van der Waals surface area contributed by atoms with Crippen molar-refractivity contribution in [2.75, 3.05) is 7.11 Å². The first-order valence-corrected chi connectivity index (χ1v) is 7.69. The molecule has 0 saturated heterocycles. The van der Waals surface area contributed by atoms with E-state index in [1.165, 1.54) is 23.2 Å². The Morgan fingerprint density at radius 3 is 2.81 bits per heavy atom. The van der Waals surface area contributed by atoms with E-state index in [1.807, 2.05) is 24.0 Å². The van der Waals surface area contributed by atoms with Crippen LogP contribution in [0.4, 0.5) is 0 Å². The monoisotopic (exact) mass is 307 g/mol. The molecule has 2 aromatic rings. The molecule has 1 unspecified atom stereocenters. The number of carbonyl (C=O) groups excluding carboxylic acids is 1. The minimum Gasteiger partial charge on any atom is -0.469 e. The molecular weight excluding hydrogens is 286 g/mol. The van der Waals surface area contributed by atoms with Crippen molar-refractivity contribution in [1.82, 2.24) is 15.1 Å². The summed E-state index contributed by atoms with van der Waals surface area (Å²) in [6.45, 7) is 4.98. The van der Waals surface area contributed by atoms with Crippen LogP contribution in [-0.4, -0.2) is 22.9 Å². The van der Waals surface area contributed by atoms with Crippen LogP contribution in [-0.2, 0) is 29.5 Å². The van der Waals surface area contributed by atoms with Crippen molar-refractivity contribution >= 4 is 17.3 Å². The molecule has 2 aromatic heterocycles. The smallest absolute Gasteiger partial charge is 0.310 e. The fourth-order valence-corrected chi connectivity index (χ4v) is 3.09. The minimum absolute atomic E-state index is 0.198. The molecule has 0 spiro atoms. The van der Waals surface area contributed by atoms with Gasteiger partial charge in [0.25, 0.3) is 0 Å². The van der Waals surface area contributed by atoms with Gasteiger partial charge in [-0.3, -0.25) is 9.48 Å². The SMILES string of the molecule is COC(=O)Cc1ccc(CNC(C)c2cnn(C)c2C)s1. The second-order valence-corrected chi connectivity index (χ2v) is 6.29. The molecule has 0 saturated carbocycles. The van der Waals surface area contributed by atoms with Gasteiger partial charge in [-0.25, -0.2) is 0 Å². The number of esters is 1. The van der Waals surface area contributed by atoms with Crippen molar-refractivity contribution in [2.45, 2.75) is 32.9 Å². The summed E-state index contributed by atoms with van der Waals surface area (Å²) >= 11 is 1.64. The average molecular weight is 307 g/mol. The first-order chi connectivity index (χ1) is 10.0. The van der Waals surface area contributed by atoms with Crippen LogP contribution in [0, 0.1) is 6.92 Å². The van der Waals surface area contributed by atoms with Gasteiger partial charge in [-0.1, -0.05) is 0 Å². The van der Waals surface area contributed by atoms with Gasteiger partial charge in [-0.2, -0.15) is 5.10 Å². The Labute approximate surface area is 128 Å². The number of thiophene rings is 1. The summed E-state index contributed by atoms with van der Waals surface area (Å²) in [6.07, 6.45) is 2.25. The van der Waals surface area contributed by atoms with Gasteiger partial charge < -0.3 is 10.1 Å². The summed E-state index contributed by atoms with van der Waals surface area (Å²) in [7, 11) is 3.36. The van der Waals surface area contributed by atoms with E-state index in [4.69, 9.17) is 0 Å². The standard InChI is InChI=1S/C15H21N3O2S/c1-10(14-9-17-18(3)11(14)2)16-8-13-6-5-12(21-13)7-15(19)20-4/h5-6,9-10,16H,7-8H2,1-4H3. The molecule has 0 amide bonds. The van der Waals surface area contributed by atoms with Crippen LogP contribution in [0.5, 0.6) is 0 Å². The summed E-state index contributed by atoms with van der Waals surface area (Å²) in [4.78, 5) is 13.5. The maximum atomic E-state index is 11.2. The quantitative estimate of drug-likeness (QED) is 0.832. The highest BCUT2D eigenvalue weighted by molar-refractivity contribution is 7.12. The molecule has 21 heavy (non-hydrogen) atoms. The second-order valence-electron chi connectivity index (χ2n) is 5.03. The van der Waals surface area contributed by atoms with Gasteiger partial charge in [0.15, 0.2) is 0 Å². The van der Waals surface area contributed by atoms with Crippen LogP contribution in [0.1, 0.15) is 34.0 Å². The normalized spacial score (nSPS) is 12.4. The molecule has 0 bridgehead atoms. The van der Waals surface area contributed by atoms with E-state index in [9.17, 15) is 4.79 Å². The molecule has 1 atom stereocenters. The third-order valence-electron chi connectivity index (χ3n) is 3.59. The first kappa shape index (κ1) is 15.7. The molecule has 0 radical (unpaired) electrons. The Morgan fingerprint density at radius 2 is 2.19 bits per heavy atom. The number of nitrogens with one attached hydrogen (secondary N) is 1. The summed E-state index contributed by atoms with van der Waals surface area (Å²) < 4.78 is 6.56. The highest BCUT2D eigenvalue weighted by Crippen LogP contribution is 2.20. The summed E-state index contributed by atoms with van der Waals surface area (Å²) in [5, 5.41) is 7.76. The number of hydrogen-bond donors (Lipinski definition) is 1. The molecule has 2 heterocycles. The predicted octanol–water partition coefficient (Wildman–Crippen LogP) is 2.36. The molecule has 5 nitrogen and oxygen atoms in total. The van der Waals surface area contributed by atoms with E-state index in [2.05, 4.69) is 35.1 Å². The molecule has 0 aliphatic carbocycles. The Morgan fingerprint density at radius 1 is 1.48 bits per heavy atom. The minimum atomic E-state index is -0.198. The van der Waals surface area contributed by atoms with Gasteiger partial charge in [-0.05, 0) is 26.0 Å². The third kappa shape index (κ3) is 3.92. The van der Waals surface area contributed by atoms with Crippen molar-refractivity contribution in [3.63, 3.8) is 0 Å². The van der Waals surface area contributed by atoms with E-state index in [0.29, 0.717) is 6.42 Å². The fraction of sp³-hybridized carbons (Fsp3) is 0.467. The van der Waals surface area contributed by atoms with E-state index in [0.717, 1.165) is 11.4 Å². The van der Waals surface area contributed by atoms with Gasteiger partial charge in [0.05, 0.1) is 19.7 Å². The molecule has 0 aliphatic rings. The Kier molecular flexibility index (Phi) is 5.14. The van der Waals surface area contributed by atoms with Gasteiger partial charge in [0.2, 0.25) is 0 Å². The highest BCUT2D eigenvalue weighted by Gasteiger charge is 2.12. The van der Waals surface area contributed by atoms with Gasteiger partial charge >= 0.3 is 5.97 Å². The summed E-state index contributed by atoms with van der Waals surface area (Å²) in [5.41, 5.74) is 2.39. The van der Waals surface area contributed by atoms with Crippen LogP contribution in [0.3, 0.4) is 0 Å². The van der Waals surface area contributed by atoms with Gasteiger partial charge in [-0.15, -0.1) is 11.3 Å². The van der Waals surface area contributed by atoms with Crippen molar-refractivity contribution in [3.05, 3.63) is 39.3 Å². The van der Waals surface area contributed by atoms with E-state index < -0.39 is 0 Å². The average Bonchev–Trinajstić information content (AvgIpc) is 3.04. The molecule has 0 fully saturated rings. The molecule has 114 valence electrons. The zero-order valence-electron chi connectivity index (χ0n) is 12.8. The number of ether oxygens (including phenoxy) is 1. The lowest BCUT2D eigenvalue weighted by atomic mass is 10.1. The van der Waals surface area contributed by atoms with E-state index in [1.54, 1.807) is 11.3 Å². The van der Waals surface area contributed by atoms with Crippen LogP contribution >= 0.6 is 11.3 Å². The summed E-state index contributed by atoms with van der Waals surface area (Å²) in [6, 6.07) is 4.28. The lowest BCUT2D eigenvalue weighted by molar-refractivity contribution is -0.139. The topological polar surface area (TPSA) is 56.1 Å². The lowest BCUT2D eigenvalue weighted by Crippen LogP contribution is -2.18. The number of hydrogen-bond acceptors (Lipinski definition) is 5. The maximum Gasteiger partial charge on any atom is 0.310 e. The summed E-state index contributed by atoms with van der Waals surface area (Å²) in [5.74, 6) is -0.198. The fourth-order valence-electron chi connectivity index (χ4n) is 2.13. The van der Waals surface area contributed by atoms with Gasteiger partial charge in [0.1, 0.15) is 0 Å². The van der Waals surface area contributed by atoms with Crippen LogP contribution in [0.2, 0.25) is 0 Å². The lowest BCUT2D eigenvalue weighted by Gasteiger charge is -2.12. The first-order valence-electron chi connectivity index (χ1n) is 6.87. The number of aromatic nitrogens is 2. The van der Waals surface area contributed by atoms with Crippen molar-refractivity contribution in [2.24, 2.45) is 7.05 Å². The number of methoxy groups -OCH3 is 1. The van der Waals surface area contributed by atoms with E-state index >= 15 is 0 Å². The Bertz CT molecular complexity index is 618. The van der Waals surface area contributed by atoms with Crippen molar-refractivity contribution < 1.29 is 9.53 Å². The molecule has 1 N–H and O–H groups in total. The van der Waals surface area contributed by atoms with Gasteiger partial charge in [0, 0.05) is 40.6 Å². The zero-order valence-corrected chi connectivity index (χ0v) is 13.7. The molecule has 0 aromatic carbocycles. The van der Waals surface area contributed by atoms with Crippen molar-refractivity contribution in [1.29, 1.82) is 0 Å². The largest absolute Gasteiger partial charge is 0.469 e. The highest BCUT2D eigenvalue weighted by atomic mass is 32.1. The van der Waals surface area contributed by atoms with E-state index in [-0.39, 0.29) is 12.0 Å². The number of carbonyl (C=O) groups is 1. The third-order valence-corrected chi connectivity index (χ3v) is 4.67. The Balaban J connectivity index is 1.91.